The molecule has 2 atom stereocenters. The molecule has 1 aromatic heterocycles. The molecule has 0 amide bonds. The van der Waals surface area contributed by atoms with Crippen LogP contribution in [0.5, 0.6) is 5.88 Å². The van der Waals surface area contributed by atoms with E-state index in [0.29, 0.717) is 22.2 Å². The molecule has 0 saturated heterocycles. The van der Waals surface area contributed by atoms with Crippen molar-refractivity contribution in [2.75, 3.05) is 10.6 Å². The fraction of sp³-hybridized carbons (Fsp3) is 0.200. The Morgan fingerprint density at radius 2 is 2.36 bits per heavy atom. The van der Waals surface area contributed by atoms with E-state index in [2.05, 4.69) is 15.6 Å². The molecule has 1 aliphatic rings. The Hall–Kier alpha value is -2.49. The third-order valence-corrected chi connectivity index (χ3v) is 3.53. The number of ether oxygens (including phenoxy) is 1. The summed E-state index contributed by atoms with van der Waals surface area (Å²) in [6, 6.07) is 10.8. The van der Waals surface area contributed by atoms with Gasteiger partial charge in [0.2, 0.25) is 5.88 Å². The maximum atomic E-state index is 9.65. The van der Waals surface area contributed by atoms with Crippen molar-refractivity contribution in [2.45, 2.75) is 18.9 Å². The summed E-state index contributed by atoms with van der Waals surface area (Å²) in [6.45, 7) is 0. The monoisotopic (exact) mass is 316 g/mol. The quantitative estimate of drug-likeness (QED) is 0.751. The Bertz CT molecular complexity index is 707. The number of aliphatic hydroxyl groups excluding tert-OH is 1. The summed E-state index contributed by atoms with van der Waals surface area (Å²) in [6.07, 6.45) is 0.259. The summed E-state index contributed by atoms with van der Waals surface area (Å²) >= 11 is 6.23. The smallest absolute Gasteiger partial charge is 0.239 e. The van der Waals surface area contributed by atoms with Gasteiger partial charge in [-0.1, -0.05) is 11.6 Å². The predicted molar refractivity (Wildman–Crippen MR) is 82.5 cm³/mol. The third kappa shape index (κ3) is 2.91. The maximum absolute atomic E-state index is 9.65. The van der Waals surface area contributed by atoms with Crippen LogP contribution in [0.15, 0.2) is 36.5 Å². The number of nitrogens with zero attached hydrogens (tertiary/aromatic N) is 2. The van der Waals surface area contributed by atoms with Gasteiger partial charge >= 0.3 is 0 Å². The van der Waals surface area contributed by atoms with Crippen molar-refractivity contribution in [2.24, 2.45) is 0 Å². The number of nitriles is 1. The molecule has 3 rings (SSSR count). The van der Waals surface area contributed by atoms with Crippen LogP contribution in [-0.2, 0) is 0 Å². The van der Waals surface area contributed by atoms with E-state index in [1.54, 1.807) is 24.4 Å². The van der Waals surface area contributed by atoms with E-state index < -0.39 is 12.5 Å². The highest BCUT2D eigenvalue weighted by atomic mass is 35.5. The Kier molecular flexibility index (Phi) is 4.00. The third-order valence-electron chi connectivity index (χ3n) is 3.18. The summed E-state index contributed by atoms with van der Waals surface area (Å²) in [4.78, 5) is 4.14. The molecule has 0 spiro atoms. The van der Waals surface area contributed by atoms with Gasteiger partial charge < -0.3 is 20.5 Å². The molecule has 3 N–H and O–H groups in total. The highest BCUT2D eigenvalue weighted by molar-refractivity contribution is 6.31. The zero-order chi connectivity index (χ0) is 15.5. The molecule has 7 heteroatoms. The largest absolute Gasteiger partial charge is 0.448 e. The first-order valence-corrected chi connectivity index (χ1v) is 7.04. The summed E-state index contributed by atoms with van der Waals surface area (Å²) < 4.78 is 5.73. The first-order chi connectivity index (χ1) is 10.7. The van der Waals surface area contributed by atoms with Gasteiger partial charge in [0.05, 0.1) is 12.5 Å². The normalized spacial score (nSPS) is 16.9. The lowest BCUT2D eigenvalue weighted by atomic mass is 10.1. The van der Waals surface area contributed by atoms with E-state index in [-0.39, 0.29) is 6.42 Å². The van der Waals surface area contributed by atoms with Crippen molar-refractivity contribution in [3.63, 3.8) is 0 Å². The SMILES string of the molecule is N#CCC(O)Nc1ccc(Cl)c(C2Nc3cccnc3O2)c1. The number of anilines is 2. The van der Waals surface area contributed by atoms with Crippen molar-refractivity contribution in [1.82, 2.24) is 4.98 Å². The number of hydrogen-bond acceptors (Lipinski definition) is 6. The highest BCUT2D eigenvalue weighted by Crippen LogP contribution is 2.38. The number of nitrogens with one attached hydrogen (secondary N) is 2. The molecule has 0 saturated carbocycles. The summed E-state index contributed by atoms with van der Waals surface area (Å²) in [5, 5.41) is 24.8. The topological polar surface area (TPSA) is 90.2 Å². The summed E-state index contributed by atoms with van der Waals surface area (Å²) in [7, 11) is 0. The molecule has 2 unspecified atom stereocenters. The molecule has 0 radical (unpaired) electrons. The van der Waals surface area contributed by atoms with Crippen molar-refractivity contribution >= 4 is 23.0 Å². The molecule has 0 aliphatic carbocycles. The summed E-state index contributed by atoms with van der Waals surface area (Å²) in [5.74, 6) is 0.520. The average Bonchev–Trinajstić information content (AvgIpc) is 2.93. The molecule has 6 nitrogen and oxygen atoms in total. The van der Waals surface area contributed by atoms with Crippen molar-refractivity contribution in [3.8, 4) is 11.9 Å². The fourth-order valence-electron chi connectivity index (χ4n) is 2.18. The van der Waals surface area contributed by atoms with Crippen LogP contribution in [0, 0.1) is 11.3 Å². The van der Waals surface area contributed by atoms with Crippen molar-refractivity contribution < 1.29 is 9.84 Å². The number of aliphatic hydroxyl groups is 1. The Labute approximate surface area is 132 Å². The molecule has 0 fully saturated rings. The lowest BCUT2D eigenvalue weighted by Crippen LogP contribution is -2.18. The minimum absolute atomic E-state index is 0.00843. The molecule has 1 aliphatic heterocycles. The number of fused-ring (bicyclic) bond motifs is 1. The van der Waals surface area contributed by atoms with E-state index >= 15 is 0 Å². The van der Waals surface area contributed by atoms with Crippen LogP contribution in [0.1, 0.15) is 18.2 Å². The van der Waals surface area contributed by atoms with Crippen LogP contribution in [0.3, 0.4) is 0 Å². The standard InChI is InChI=1S/C15H13ClN4O2/c16-11-4-3-9(19-13(21)5-6-17)8-10(11)14-20-12-2-1-7-18-15(12)22-14/h1-4,7-8,13-14,19-21H,5H2. The van der Waals surface area contributed by atoms with Gasteiger partial charge in [0.1, 0.15) is 11.9 Å². The first-order valence-electron chi connectivity index (χ1n) is 6.66. The minimum Gasteiger partial charge on any atom is -0.448 e. The van der Waals surface area contributed by atoms with Crippen molar-refractivity contribution in [3.05, 3.63) is 47.1 Å². The molecule has 112 valence electrons. The number of hydrogen-bond donors (Lipinski definition) is 3. The number of benzene rings is 1. The van der Waals surface area contributed by atoms with Gasteiger partial charge in [-0.2, -0.15) is 5.26 Å². The highest BCUT2D eigenvalue weighted by Gasteiger charge is 2.26. The van der Waals surface area contributed by atoms with Gasteiger partial charge in [-0.15, -0.1) is 0 Å². The summed E-state index contributed by atoms with van der Waals surface area (Å²) in [5.41, 5.74) is 2.16. The minimum atomic E-state index is -0.935. The zero-order valence-corrected chi connectivity index (χ0v) is 12.2. The van der Waals surface area contributed by atoms with Gasteiger partial charge in [0.25, 0.3) is 0 Å². The van der Waals surface area contributed by atoms with Crippen LogP contribution in [0.2, 0.25) is 5.02 Å². The Morgan fingerprint density at radius 1 is 1.50 bits per heavy atom. The molecule has 1 aromatic carbocycles. The van der Waals surface area contributed by atoms with E-state index in [1.165, 1.54) is 0 Å². The van der Waals surface area contributed by atoms with Crippen LogP contribution < -0.4 is 15.4 Å². The van der Waals surface area contributed by atoms with Crippen LogP contribution in [0.25, 0.3) is 0 Å². The maximum Gasteiger partial charge on any atom is 0.239 e. The van der Waals surface area contributed by atoms with Gasteiger partial charge in [-0.25, -0.2) is 4.98 Å². The van der Waals surface area contributed by atoms with Gasteiger partial charge in [-0.3, -0.25) is 0 Å². The molecule has 22 heavy (non-hydrogen) atoms. The second-order valence-corrected chi connectivity index (χ2v) is 5.16. The van der Waals surface area contributed by atoms with Gasteiger partial charge in [0.15, 0.2) is 6.23 Å². The second kappa shape index (κ2) is 6.10. The number of pyridine rings is 1. The predicted octanol–water partition coefficient (Wildman–Crippen LogP) is 2.88. The van der Waals surface area contributed by atoms with Crippen LogP contribution in [0.4, 0.5) is 11.4 Å². The van der Waals surface area contributed by atoms with Crippen LogP contribution >= 0.6 is 11.6 Å². The fourth-order valence-corrected chi connectivity index (χ4v) is 2.40. The van der Waals surface area contributed by atoms with Crippen molar-refractivity contribution in [1.29, 1.82) is 5.26 Å². The van der Waals surface area contributed by atoms with E-state index in [9.17, 15) is 5.11 Å². The zero-order valence-electron chi connectivity index (χ0n) is 11.5. The lowest BCUT2D eigenvalue weighted by molar-refractivity contribution is 0.209. The average molecular weight is 317 g/mol. The lowest BCUT2D eigenvalue weighted by Gasteiger charge is -2.16. The molecule has 2 aromatic rings. The molecule has 2 heterocycles. The Balaban J connectivity index is 1.81. The molecule has 0 bridgehead atoms. The molecular weight excluding hydrogens is 304 g/mol. The van der Waals surface area contributed by atoms with E-state index in [0.717, 1.165) is 5.69 Å². The van der Waals surface area contributed by atoms with Crippen LogP contribution in [-0.4, -0.2) is 16.3 Å². The number of rotatable bonds is 4. The van der Waals surface area contributed by atoms with Gasteiger partial charge in [-0.05, 0) is 30.3 Å². The number of halogens is 1. The van der Waals surface area contributed by atoms with Gasteiger partial charge in [0, 0.05) is 22.5 Å². The number of aromatic nitrogens is 1. The Morgan fingerprint density at radius 3 is 3.14 bits per heavy atom. The second-order valence-electron chi connectivity index (χ2n) is 4.76. The molecular formula is C15H13ClN4O2. The first kappa shape index (κ1) is 14.4. The van der Waals surface area contributed by atoms with E-state index in [4.69, 9.17) is 21.6 Å². The van der Waals surface area contributed by atoms with E-state index in [1.807, 2.05) is 18.2 Å².